The van der Waals surface area contributed by atoms with Crippen molar-refractivity contribution in [3.63, 3.8) is 0 Å². The van der Waals surface area contributed by atoms with E-state index in [0.29, 0.717) is 24.8 Å². The summed E-state index contributed by atoms with van der Waals surface area (Å²) in [5, 5.41) is 15.5. The van der Waals surface area contributed by atoms with Gasteiger partial charge in [-0.15, -0.1) is 0 Å². The van der Waals surface area contributed by atoms with Gasteiger partial charge in [-0.05, 0) is 60.4 Å². The molecule has 2 heterocycles. The van der Waals surface area contributed by atoms with E-state index in [1.165, 1.54) is 16.8 Å². The number of carbonyl (C=O) groups is 5. The van der Waals surface area contributed by atoms with E-state index < -0.39 is 53.3 Å². The second-order valence-electron chi connectivity index (χ2n) is 14.1. The van der Waals surface area contributed by atoms with Gasteiger partial charge in [-0.3, -0.25) is 19.2 Å². The van der Waals surface area contributed by atoms with Crippen LogP contribution in [0.3, 0.4) is 0 Å². The molecule has 0 unspecified atom stereocenters. The van der Waals surface area contributed by atoms with Gasteiger partial charge in [0.1, 0.15) is 23.6 Å². The summed E-state index contributed by atoms with van der Waals surface area (Å²) in [4.78, 5) is 71.8. The molecule has 0 spiro atoms. The van der Waals surface area contributed by atoms with Crippen molar-refractivity contribution >= 4 is 50.6 Å². The maximum absolute atomic E-state index is 14.7. The summed E-state index contributed by atoms with van der Waals surface area (Å²) in [5.41, 5.74) is 1.03. The molecule has 4 atom stereocenters. The Balaban J connectivity index is 1.59. The number of benzene rings is 3. The first-order valence-electron chi connectivity index (χ1n) is 17.8. The minimum absolute atomic E-state index is 0.0437. The van der Waals surface area contributed by atoms with Gasteiger partial charge in [0.05, 0.1) is 40.9 Å². The Bertz CT molecular complexity index is 1770. The van der Waals surface area contributed by atoms with Gasteiger partial charge in [0.2, 0.25) is 17.7 Å². The zero-order chi connectivity index (χ0) is 37.4. The van der Waals surface area contributed by atoms with Gasteiger partial charge in [0, 0.05) is 20.2 Å². The Morgan fingerprint density at radius 3 is 2.42 bits per heavy atom. The molecule has 3 N–H and O–H groups in total. The van der Waals surface area contributed by atoms with Crippen molar-refractivity contribution in [1.29, 1.82) is 0 Å². The molecule has 13 heteroatoms. The van der Waals surface area contributed by atoms with Crippen LogP contribution in [-0.4, -0.2) is 111 Å². The maximum atomic E-state index is 14.7. The zero-order valence-electron chi connectivity index (χ0n) is 29.9. The van der Waals surface area contributed by atoms with E-state index >= 15 is 0 Å². The van der Waals surface area contributed by atoms with Crippen LogP contribution < -0.4 is 15.4 Å². The largest absolute Gasteiger partial charge is 0.491 e. The first-order valence-corrected chi connectivity index (χ1v) is 18.3. The zero-order valence-corrected chi connectivity index (χ0v) is 30.9. The van der Waals surface area contributed by atoms with Crippen molar-refractivity contribution in [2.75, 3.05) is 33.4 Å². The van der Waals surface area contributed by atoms with Crippen LogP contribution in [0.25, 0.3) is 10.8 Å². The van der Waals surface area contributed by atoms with Gasteiger partial charge in [-0.2, -0.15) is 0 Å². The third kappa shape index (κ3) is 9.37. The molecule has 0 saturated carbocycles. The number of aliphatic carboxylic acids is 1. The lowest BCUT2D eigenvalue weighted by Gasteiger charge is -2.43. The van der Waals surface area contributed by atoms with Crippen LogP contribution in [-0.2, 0) is 30.3 Å². The number of carboxylic acid groups (broad SMARTS) is 1. The standard InChI is InChI=1S/C39H47N4O8Si/c1-25(2)21-39(52)38(49)43(22-29-14-9-10-18-50-29)23-33(44)40-28(19-26-11-5-4-6-12-26)24-51-32-17-16-27-13-7-8-15-30(27)35(32)36(46)41-31(37(47)48)20-34(45)42(39)3/h4-8,11-13,15-17,25,28-29,31H,9-10,14,18-24H2,1-3H3,(H,40,44)(H,41,46)(H,47,48)/t28-,29+,31+,39+/m1/s1. The number of nitrogens with one attached hydrogen (secondary N) is 2. The first-order chi connectivity index (χ1) is 24.9. The number of hydrogen-bond donors (Lipinski definition) is 3. The van der Waals surface area contributed by atoms with E-state index in [2.05, 4.69) is 20.9 Å². The van der Waals surface area contributed by atoms with Crippen LogP contribution in [0, 0.1) is 5.92 Å². The highest BCUT2D eigenvalue weighted by atomic mass is 28.1. The maximum Gasteiger partial charge on any atom is 0.326 e. The van der Waals surface area contributed by atoms with Gasteiger partial charge in [0.25, 0.3) is 5.91 Å². The molecule has 3 aromatic rings. The summed E-state index contributed by atoms with van der Waals surface area (Å²) in [5.74, 6) is -3.75. The second-order valence-corrected chi connectivity index (χ2v) is 14.9. The average Bonchev–Trinajstić information content (AvgIpc) is 3.12. The van der Waals surface area contributed by atoms with E-state index in [9.17, 15) is 29.1 Å². The molecule has 2 aliphatic rings. The van der Waals surface area contributed by atoms with Crippen molar-refractivity contribution in [3.8, 4) is 5.75 Å². The van der Waals surface area contributed by atoms with Crippen molar-refractivity contribution in [2.24, 2.45) is 5.92 Å². The molecule has 52 heavy (non-hydrogen) atoms. The van der Waals surface area contributed by atoms with Crippen LogP contribution >= 0.6 is 0 Å². The third-order valence-electron chi connectivity index (χ3n) is 9.55. The Morgan fingerprint density at radius 2 is 1.73 bits per heavy atom. The summed E-state index contributed by atoms with van der Waals surface area (Å²) in [6.45, 7) is 4.08. The highest BCUT2D eigenvalue weighted by Crippen LogP contribution is 2.30. The number of carboxylic acids is 1. The van der Waals surface area contributed by atoms with Crippen LogP contribution in [0.15, 0.2) is 66.7 Å². The minimum atomic E-state index is -1.64. The van der Waals surface area contributed by atoms with Crippen LogP contribution in [0.5, 0.6) is 5.75 Å². The fraction of sp³-hybridized carbons (Fsp3) is 0.462. The van der Waals surface area contributed by atoms with Crippen LogP contribution in [0.4, 0.5) is 0 Å². The van der Waals surface area contributed by atoms with Crippen molar-refractivity contribution in [1.82, 2.24) is 20.4 Å². The molecule has 5 rings (SSSR count). The molecule has 12 nitrogen and oxygen atoms in total. The van der Waals surface area contributed by atoms with Crippen molar-refractivity contribution < 1.29 is 38.6 Å². The lowest BCUT2D eigenvalue weighted by atomic mass is 9.98. The molecular formula is C39H47N4O8Si. The summed E-state index contributed by atoms with van der Waals surface area (Å²) < 4.78 is 12.3. The number of amides is 4. The summed E-state index contributed by atoms with van der Waals surface area (Å²) in [7, 11) is 5.11. The van der Waals surface area contributed by atoms with Gasteiger partial charge in [-0.1, -0.05) is 74.5 Å². The second kappa shape index (κ2) is 17.2. The number of likely N-dealkylation sites (N-methyl/N-ethyl adjacent to an activating group) is 1. The summed E-state index contributed by atoms with van der Waals surface area (Å²) in [6.07, 6.45) is 2.12. The van der Waals surface area contributed by atoms with Crippen LogP contribution in [0.1, 0.15) is 61.9 Å². The molecule has 275 valence electrons. The van der Waals surface area contributed by atoms with Gasteiger partial charge >= 0.3 is 5.97 Å². The molecule has 0 bridgehead atoms. The molecule has 3 aromatic carbocycles. The molecular weight excluding hydrogens is 681 g/mol. The Hall–Kier alpha value is -4.75. The predicted molar refractivity (Wildman–Crippen MR) is 196 cm³/mol. The van der Waals surface area contributed by atoms with E-state index in [1.54, 1.807) is 24.3 Å². The molecule has 0 aromatic heterocycles. The van der Waals surface area contributed by atoms with E-state index in [-0.39, 0.29) is 49.5 Å². The Morgan fingerprint density at radius 1 is 1.00 bits per heavy atom. The molecule has 3 radical (unpaired) electrons. The Labute approximate surface area is 307 Å². The highest BCUT2D eigenvalue weighted by Gasteiger charge is 2.45. The first kappa shape index (κ1) is 38.5. The van der Waals surface area contributed by atoms with Crippen molar-refractivity contribution in [3.05, 3.63) is 77.9 Å². The molecule has 0 aliphatic carbocycles. The van der Waals surface area contributed by atoms with E-state index in [0.717, 1.165) is 23.8 Å². The van der Waals surface area contributed by atoms with Gasteiger partial charge in [0.15, 0.2) is 0 Å². The number of fused-ring (bicyclic) bond motifs is 3. The molecule has 1 saturated heterocycles. The lowest BCUT2D eigenvalue weighted by Crippen LogP contribution is -2.64. The molecule has 1 fully saturated rings. The number of carbonyl (C=O) groups excluding carboxylic acids is 4. The quantitative estimate of drug-likeness (QED) is 0.314. The fourth-order valence-corrected chi connectivity index (χ4v) is 7.58. The monoisotopic (exact) mass is 727 g/mol. The van der Waals surface area contributed by atoms with Gasteiger partial charge in [-0.25, -0.2) is 4.79 Å². The topological polar surface area (TPSA) is 155 Å². The van der Waals surface area contributed by atoms with Crippen LogP contribution in [0.2, 0.25) is 0 Å². The smallest absolute Gasteiger partial charge is 0.326 e. The lowest BCUT2D eigenvalue weighted by molar-refractivity contribution is -0.152. The number of hydrogen-bond acceptors (Lipinski definition) is 7. The highest BCUT2D eigenvalue weighted by molar-refractivity contribution is 6.29. The average molecular weight is 728 g/mol. The summed E-state index contributed by atoms with van der Waals surface area (Å²) >= 11 is 0. The Kier molecular flexibility index (Phi) is 12.7. The van der Waals surface area contributed by atoms with Crippen molar-refractivity contribution in [2.45, 2.75) is 75.7 Å². The SMILES string of the molecule is CC(C)C[C@]1([Si])C(=O)N(C[C@@H]2CCCCO2)CC(=O)N[C@H](Cc2ccccc2)COc2ccc3ccccc3c2C(=O)N[C@H](C(=O)O)CC(=O)N1C. The normalized spacial score (nSPS) is 24.1. The molecule has 4 amide bonds. The third-order valence-corrected chi connectivity index (χ3v) is 10.3. The minimum Gasteiger partial charge on any atom is -0.491 e. The number of rotatable bonds is 7. The van der Waals surface area contributed by atoms with Gasteiger partial charge < -0.3 is 35.0 Å². The van der Waals surface area contributed by atoms with E-state index in [1.807, 2.05) is 56.3 Å². The number of ether oxygens (including phenoxy) is 2. The number of nitrogens with zero attached hydrogens (tertiary/aromatic N) is 2. The predicted octanol–water partition coefficient (Wildman–Crippen LogP) is 3.30. The molecule has 2 aliphatic heterocycles. The summed E-state index contributed by atoms with van der Waals surface area (Å²) in [6, 6.07) is 17.9. The fourth-order valence-electron chi connectivity index (χ4n) is 6.88. The van der Waals surface area contributed by atoms with E-state index in [4.69, 9.17) is 9.47 Å².